The summed E-state index contributed by atoms with van der Waals surface area (Å²) in [5.74, 6) is 1.58. The van der Waals surface area contributed by atoms with E-state index in [9.17, 15) is 5.11 Å². The fourth-order valence-corrected chi connectivity index (χ4v) is 4.16. The summed E-state index contributed by atoms with van der Waals surface area (Å²) in [5, 5.41) is 26.5. The number of anilines is 1. The number of phenols is 1. The van der Waals surface area contributed by atoms with Crippen LogP contribution in [0.2, 0.25) is 0 Å². The molecule has 33 heavy (non-hydrogen) atoms. The van der Waals surface area contributed by atoms with Gasteiger partial charge in [0.2, 0.25) is 11.8 Å². The molecule has 1 aromatic carbocycles. The Hall–Kier alpha value is -3.96. The summed E-state index contributed by atoms with van der Waals surface area (Å²) < 4.78 is 8.77. The number of fused-ring (bicyclic) bond motifs is 4. The number of nitrogens with zero attached hydrogens (tertiary/aromatic N) is 7. The van der Waals surface area contributed by atoms with Crippen LogP contribution >= 0.6 is 0 Å². The van der Waals surface area contributed by atoms with Crippen molar-refractivity contribution in [3.05, 3.63) is 53.9 Å². The number of hydrogen-bond acceptors (Lipinski definition) is 9. The van der Waals surface area contributed by atoms with E-state index in [2.05, 4.69) is 25.1 Å². The lowest BCUT2D eigenvalue weighted by atomic mass is 9.99. The number of aromatic hydroxyl groups is 1. The van der Waals surface area contributed by atoms with E-state index in [-0.39, 0.29) is 5.95 Å². The highest BCUT2D eigenvalue weighted by Crippen LogP contribution is 2.25. The van der Waals surface area contributed by atoms with E-state index in [1.54, 1.807) is 30.7 Å². The van der Waals surface area contributed by atoms with Gasteiger partial charge in [-0.25, -0.2) is 9.67 Å². The molecule has 170 valence electrons. The number of nitrogen functional groups attached to an aromatic ring is 1. The van der Waals surface area contributed by atoms with Crippen LogP contribution in [0.4, 0.5) is 5.95 Å². The molecule has 6 rings (SSSR count). The first kappa shape index (κ1) is 20.9. The van der Waals surface area contributed by atoms with Crippen molar-refractivity contribution in [2.45, 2.75) is 19.5 Å². The molecule has 11 nitrogen and oxygen atoms in total. The zero-order valence-corrected chi connectivity index (χ0v) is 18.1. The van der Waals surface area contributed by atoms with Crippen LogP contribution in [0, 0.1) is 0 Å². The standard InChI is InChI=1S/C21H20N8O2.CH4O/c22-21-25-19-16(20-24-18(26-29(20)21)17-2-1-9-31-17)11-23-28(19)8-7-27-6-5-13-3-4-15(30)10-14(13)12-27;1-2/h1-4,9-11,30H,5-8,12H2,(H2,22,25);2H,1H3. The van der Waals surface area contributed by atoms with Crippen LogP contribution < -0.4 is 5.73 Å². The number of aliphatic hydroxyl groups is 1. The smallest absolute Gasteiger partial charge is 0.225 e. The van der Waals surface area contributed by atoms with Gasteiger partial charge in [-0.2, -0.15) is 14.6 Å². The van der Waals surface area contributed by atoms with Crippen molar-refractivity contribution < 1.29 is 14.6 Å². The van der Waals surface area contributed by atoms with Gasteiger partial charge in [0.1, 0.15) is 5.75 Å². The Kier molecular flexibility index (Phi) is 5.40. The molecule has 0 fully saturated rings. The molecule has 11 heteroatoms. The molecule has 0 saturated heterocycles. The van der Waals surface area contributed by atoms with Gasteiger partial charge in [0.25, 0.3) is 0 Å². The number of aliphatic hydroxyl groups excluding tert-OH is 1. The lowest BCUT2D eigenvalue weighted by Gasteiger charge is -2.28. The molecule has 5 aromatic rings. The molecule has 4 aromatic heterocycles. The Morgan fingerprint density at radius 1 is 1.09 bits per heavy atom. The summed E-state index contributed by atoms with van der Waals surface area (Å²) in [7, 11) is 1.00. The fourth-order valence-electron chi connectivity index (χ4n) is 4.16. The lowest BCUT2D eigenvalue weighted by Crippen LogP contribution is -2.33. The van der Waals surface area contributed by atoms with Gasteiger partial charge in [-0.15, -0.1) is 5.10 Å². The summed E-state index contributed by atoms with van der Waals surface area (Å²) >= 11 is 0. The van der Waals surface area contributed by atoms with Gasteiger partial charge in [-0.3, -0.25) is 4.90 Å². The van der Waals surface area contributed by atoms with Crippen molar-refractivity contribution in [2.75, 3.05) is 25.9 Å². The molecule has 0 aliphatic carbocycles. The normalized spacial score (nSPS) is 13.8. The van der Waals surface area contributed by atoms with Crippen LogP contribution in [0.15, 0.2) is 47.2 Å². The van der Waals surface area contributed by atoms with Crippen molar-refractivity contribution in [1.29, 1.82) is 0 Å². The zero-order chi connectivity index (χ0) is 22.9. The van der Waals surface area contributed by atoms with Crippen LogP contribution in [0.25, 0.3) is 28.3 Å². The predicted molar refractivity (Wildman–Crippen MR) is 121 cm³/mol. The lowest BCUT2D eigenvalue weighted by molar-refractivity contribution is 0.241. The highest BCUT2D eigenvalue weighted by molar-refractivity contribution is 5.90. The molecule has 0 unspecified atom stereocenters. The quantitative estimate of drug-likeness (QED) is 0.374. The van der Waals surface area contributed by atoms with E-state index in [1.807, 2.05) is 16.8 Å². The minimum Gasteiger partial charge on any atom is -0.508 e. The van der Waals surface area contributed by atoms with Crippen molar-refractivity contribution >= 4 is 22.6 Å². The minimum absolute atomic E-state index is 0.247. The summed E-state index contributed by atoms with van der Waals surface area (Å²) in [6.45, 7) is 3.25. The summed E-state index contributed by atoms with van der Waals surface area (Å²) in [4.78, 5) is 11.5. The highest BCUT2D eigenvalue weighted by atomic mass is 16.3. The van der Waals surface area contributed by atoms with Crippen LogP contribution in [-0.4, -0.2) is 64.7 Å². The van der Waals surface area contributed by atoms with E-state index in [1.165, 1.54) is 15.6 Å². The van der Waals surface area contributed by atoms with E-state index >= 15 is 0 Å². The van der Waals surface area contributed by atoms with Gasteiger partial charge >= 0.3 is 0 Å². The van der Waals surface area contributed by atoms with Gasteiger partial charge in [-0.1, -0.05) is 6.07 Å². The SMILES string of the molecule is CO.Nc1nc2c(cnn2CCN2CCc3ccc(O)cc3C2)c2nc(-c3ccco3)nn12. The molecule has 4 N–H and O–H groups in total. The van der Waals surface area contributed by atoms with Gasteiger partial charge in [0.15, 0.2) is 17.1 Å². The maximum absolute atomic E-state index is 9.78. The molecule has 1 aliphatic rings. The number of hydrogen-bond donors (Lipinski definition) is 3. The third kappa shape index (κ3) is 3.77. The van der Waals surface area contributed by atoms with Gasteiger partial charge in [0.05, 0.1) is 24.4 Å². The number of furan rings is 1. The topological polar surface area (TPSA) is 144 Å². The molecule has 0 atom stereocenters. The Balaban J connectivity index is 0.00000111. The van der Waals surface area contributed by atoms with Crippen LogP contribution in [-0.2, 0) is 19.5 Å². The Labute approximate surface area is 188 Å². The van der Waals surface area contributed by atoms with Crippen LogP contribution in [0.1, 0.15) is 11.1 Å². The second-order valence-electron chi connectivity index (χ2n) is 7.70. The maximum atomic E-state index is 9.78. The third-order valence-corrected chi connectivity index (χ3v) is 5.75. The monoisotopic (exact) mass is 448 g/mol. The number of nitrogens with two attached hydrogens (primary N) is 1. The molecule has 0 bridgehead atoms. The Morgan fingerprint density at radius 2 is 1.97 bits per heavy atom. The molecule has 5 heterocycles. The second-order valence-corrected chi connectivity index (χ2v) is 7.70. The molecular formula is C22H24N8O3. The first-order valence-corrected chi connectivity index (χ1v) is 10.6. The summed E-state index contributed by atoms with van der Waals surface area (Å²) in [6, 6.07) is 9.21. The van der Waals surface area contributed by atoms with Crippen LogP contribution in [0.3, 0.4) is 0 Å². The summed E-state index contributed by atoms with van der Waals surface area (Å²) in [6.07, 6.45) is 4.30. The average Bonchev–Trinajstić information content (AvgIpc) is 3.58. The van der Waals surface area contributed by atoms with Crippen molar-refractivity contribution in [3.8, 4) is 17.3 Å². The van der Waals surface area contributed by atoms with Gasteiger partial charge in [0, 0.05) is 26.7 Å². The van der Waals surface area contributed by atoms with Gasteiger partial charge in [-0.05, 0) is 41.8 Å². The minimum atomic E-state index is 0.247. The number of phenolic OH excluding ortho intramolecular Hbond substituents is 1. The third-order valence-electron chi connectivity index (χ3n) is 5.75. The first-order valence-electron chi connectivity index (χ1n) is 10.6. The highest BCUT2D eigenvalue weighted by Gasteiger charge is 2.19. The van der Waals surface area contributed by atoms with E-state index in [4.69, 9.17) is 15.3 Å². The van der Waals surface area contributed by atoms with Gasteiger partial charge < -0.3 is 20.4 Å². The van der Waals surface area contributed by atoms with Crippen molar-refractivity contribution in [1.82, 2.24) is 34.3 Å². The molecule has 0 radical (unpaired) electrons. The average molecular weight is 448 g/mol. The summed E-state index contributed by atoms with van der Waals surface area (Å²) in [5.41, 5.74) is 9.92. The molecule has 0 saturated carbocycles. The Morgan fingerprint density at radius 3 is 2.79 bits per heavy atom. The molecular weight excluding hydrogens is 424 g/mol. The van der Waals surface area contributed by atoms with Crippen LogP contribution in [0.5, 0.6) is 5.75 Å². The van der Waals surface area contributed by atoms with E-state index in [0.717, 1.165) is 38.6 Å². The largest absolute Gasteiger partial charge is 0.508 e. The molecule has 0 spiro atoms. The predicted octanol–water partition coefficient (Wildman–Crippen LogP) is 1.69. The first-order chi connectivity index (χ1) is 16.2. The fraction of sp³-hybridized carbons (Fsp3) is 0.273. The van der Waals surface area contributed by atoms with E-state index in [0.29, 0.717) is 35.2 Å². The van der Waals surface area contributed by atoms with Crippen molar-refractivity contribution in [3.63, 3.8) is 0 Å². The van der Waals surface area contributed by atoms with Crippen molar-refractivity contribution in [2.24, 2.45) is 0 Å². The Bertz CT molecular complexity index is 1410. The molecule has 0 amide bonds. The number of rotatable bonds is 4. The molecule has 1 aliphatic heterocycles. The zero-order valence-electron chi connectivity index (χ0n) is 18.1. The number of aromatic nitrogens is 6. The maximum Gasteiger partial charge on any atom is 0.225 e. The number of benzene rings is 1. The van der Waals surface area contributed by atoms with E-state index < -0.39 is 0 Å². The second kappa shape index (κ2) is 8.52.